The SMILES string of the molecule is Cc1nc2ccccc2n1C1C[C@H]2CC[C@@H](C1)N2CCC(O)(CCNC(=O)C(C)(C)C)c1ccccc1. The van der Waals surface area contributed by atoms with Crippen LogP contribution in [0.1, 0.15) is 76.7 Å². The minimum Gasteiger partial charge on any atom is -0.385 e. The Morgan fingerprint density at radius 2 is 1.62 bits per heavy atom. The summed E-state index contributed by atoms with van der Waals surface area (Å²) in [6.45, 7) is 9.21. The van der Waals surface area contributed by atoms with Crippen LogP contribution in [0, 0.1) is 12.3 Å². The number of benzene rings is 2. The van der Waals surface area contributed by atoms with Gasteiger partial charge in [0.25, 0.3) is 0 Å². The van der Waals surface area contributed by atoms with Crippen LogP contribution in [-0.4, -0.2) is 50.6 Å². The summed E-state index contributed by atoms with van der Waals surface area (Å²) < 4.78 is 2.47. The Kier molecular flexibility index (Phi) is 7.16. The van der Waals surface area contributed by atoms with E-state index in [0.717, 1.165) is 36.3 Å². The van der Waals surface area contributed by atoms with E-state index in [1.165, 1.54) is 18.4 Å². The lowest BCUT2D eigenvalue weighted by Gasteiger charge is -2.41. The third-order valence-corrected chi connectivity index (χ3v) is 8.60. The number of rotatable bonds is 8. The van der Waals surface area contributed by atoms with Gasteiger partial charge in [-0.2, -0.15) is 0 Å². The number of nitrogens with one attached hydrogen (secondary N) is 1. The second-order valence-electron chi connectivity index (χ2n) is 12.2. The number of aliphatic hydroxyl groups is 1. The van der Waals surface area contributed by atoms with Gasteiger partial charge in [-0.3, -0.25) is 9.69 Å². The van der Waals surface area contributed by atoms with Crippen LogP contribution >= 0.6 is 0 Å². The molecule has 2 aromatic carbocycles. The van der Waals surface area contributed by atoms with Crippen molar-refractivity contribution >= 4 is 16.9 Å². The van der Waals surface area contributed by atoms with E-state index in [1.807, 2.05) is 51.1 Å². The van der Waals surface area contributed by atoms with Crippen molar-refractivity contribution in [3.8, 4) is 0 Å². The maximum absolute atomic E-state index is 12.4. The van der Waals surface area contributed by atoms with E-state index in [0.29, 0.717) is 37.5 Å². The van der Waals surface area contributed by atoms with Gasteiger partial charge in [-0.05, 0) is 63.1 Å². The predicted octanol–water partition coefficient (Wildman–Crippen LogP) is 5.34. The van der Waals surface area contributed by atoms with Crippen LogP contribution < -0.4 is 5.32 Å². The van der Waals surface area contributed by atoms with Crippen molar-refractivity contribution in [2.24, 2.45) is 5.41 Å². The number of aryl methyl sites for hydroxylation is 1. The molecule has 2 unspecified atom stereocenters. The topological polar surface area (TPSA) is 70.4 Å². The number of aromatic nitrogens is 2. The van der Waals surface area contributed by atoms with E-state index in [4.69, 9.17) is 4.98 Å². The molecule has 1 aromatic heterocycles. The quantitative estimate of drug-likeness (QED) is 0.436. The minimum absolute atomic E-state index is 0.0188. The Bertz CT molecular complexity index is 1220. The summed E-state index contributed by atoms with van der Waals surface area (Å²) in [5.74, 6) is 1.13. The lowest BCUT2D eigenvalue weighted by atomic mass is 9.86. The molecule has 2 aliphatic heterocycles. The molecule has 6 nitrogen and oxygen atoms in total. The van der Waals surface area contributed by atoms with Gasteiger partial charge in [0.2, 0.25) is 5.91 Å². The Labute approximate surface area is 221 Å². The molecule has 4 atom stereocenters. The van der Waals surface area contributed by atoms with Crippen LogP contribution in [0.2, 0.25) is 0 Å². The molecule has 3 aromatic rings. The number of hydrogen-bond donors (Lipinski definition) is 2. The summed E-state index contributed by atoms with van der Waals surface area (Å²) in [6, 6.07) is 20.0. The van der Waals surface area contributed by atoms with Gasteiger partial charge >= 0.3 is 0 Å². The highest BCUT2D eigenvalue weighted by atomic mass is 16.3. The summed E-state index contributed by atoms with van der Waals surface area (Å²) in [7, 11) is 0. The number of carbonyl (C=O) groups is 1. The molecule has 2 saturated heterocycles. The zero-order chi connectivity index (χ0) is 26.2. The summed E-state index contributed by atoms with van der Waals surface area (Å²) in [4.78, 5) is 19.9. The van der Waals surface area contributed by atoms with Crippen LogP contribution in [0.15, 0.2) is 54.6 Å². The van der Waals surface area contributed by atoms with Crippen LogP contribution in [0.3, 0.4) is 0 Å². The Morgan fingerprint density at radius 1 is 0.973 bits per heavy atom. The number of amides is 1. The van der Waals surface area contributed by atoms with Crippen LogP contribution in [0.4, 0.5) is 0 Å². The largest absolute Gasteiger partial charge is 0.385 e. The van der Waals surface area contributed by atoms with Gasteiger partial charge in [0.15, 0.2) is 0 Å². The zero-order valence-corrected chi connectivity index (χ0v) is 22.8. The fourth-order valence-corrected chi connectivity index (χ4v) is 6.57. The number of para-hydroxylation sites is 2. The molecule has 0 spiro atoms. The van der Waals surface area contributed by atoms with Crippen molar-refractivity contribution in [3.63, 3.8) is 0 Å². The zero-order valence-electron chi connectivity index (χ0n) is 22.8. The summed E-state index contributed by atoms with van der Waals surface area (Å²) >= 11 is 0. The van der Waals surface area contributed by atoms with Gasteiger partial charge < -0.3 is 15.0 Å². The first kappa shape index (κ1) is 25.9. The Morgan fingerprint density at radius 3 is 2.30 bits per heavy atom. The van der Waals surface area contributed by atoms with Crippen molar-refractivity contribution in [2.75, 3.05) is 13.1 Å². The van der Waals surface area contributed by atoms with Crippen molar-refractivity contribution in [3.05, 3.63) is 66.0 Å². The lowest BCUT2D eigenvalue weighted by molar-refractivity contribution is -0.128. The average molecular weight is 503 g/mol. The Balaban J connectivity index is 1.27. The second kappa shape index (κ2) is 10.2. The maximum atomic E-state index is 12.4. The van der Waals surface area contributed by atoms with Gasteiger partial charge in [0, 0.05) is 36.6 Å². The smallest absolute Gasteiger partial charge is 0.225 e. The first-order chi connectivity index (χ1) is 17.7. The van der Waals surface area contributed by atoms with Crippen molar-refractivity contribution in [1.29, 1.82) is 0 Å². The van der Waals surface area contributed by atoms with E-state index in [9.17, 15) is 9.90 Å². The van der Waals surface area contributed by atoms with Crippen LogP contribution in [0.25, 0.3) is 11.0 Å². The molecule has 0 saturated carbocycles. The monoisotopic (exact) mass is 502 g/mol. The average Bonchev–Trinajstić information content (AvgIpc) is 3.33. The second-order valence-corrected chi connectivity index (χ2v) is 12.2. The third kappa shape index (κ3) is 5.32. The third-order valence-electron chi connectivity index (χ3n) is 8.60. The molecule has 0 radical (unpaired) electrons. The normalized spacial score (nSPS) is 23.8. The summed E-state index contributed by atoms with van der Waals surface area (Å²) in [5.41, 5.74) is 1.85. The molecule has 2 bridgehead atoms. The predicted molar refractivity (Wildman–Crippen MR) is 148 cm³/mol. The van der Waals surface area contributed by atoms with Gasteiger partial charge in [-0.25, -0.2) is 4.98 Å². The first-order valence-corrected chi connectivity index (χ1v) is 13.9. The fourth-order valence-electron chi connectivity index (χ4n) is 6.57. The van der Waals surface area contributed by atoms with Gasteiger partial charge in [0.1, 0.15) is 5.82 Å². The van der Waals surface area contributed by atoms with Gasteiger partial charge in [-0.1, -0.05) is 63.2 Å². The number of carbonyl (C=O) groups excluding carboxylic acids is 1. The number of imidazole rings is 1. The molecule has 37 heavy (non-hydrogen) atoms. The van der Waals surface area contributed by atoms with Crippen molar-refractivity contribution < 1.29 is 9.90 Å². The van der Waals surface area contributed by atoms with E-state index in [-0.39, 0.29) is 5.91 Å². The van der Waals surface area contributed by atoms with Crippen LogP contribution in [-0.2, 0) is 10.4 Å². The highest BCUT2D eigenvalue weighted by Crippen LogP contribution is 2.43. The van der Waals surface area contributed by atoms with Crippen molar-refractivity contribution in [2.45, 2.75) is 89.9 Å². The van der Waals surface area contributed by atoms with E-state index >= 15 is 0 Å². The lowest BCUT2D eigenvalue weighted by Crippen LogP contribution is -2.46. The number of hydrogen-bond acceptors (Lipinski definition) is 4. The standard InChI is InChI=1S/C31H42N4O2/c1-22-33-27-12-8-9-13-28(27)35(22)26-20-24-14-15-25(21-26)34(24)19-17-31(37,23-10-6-5-7-11-23)16-18-32-29(36)30(2,3)4/h5-13,24-26,37H,14-21H2,1-4H3,(H,32,36)/t24-,25+,26?,31?. The molecule has 5 rings (SSSR count). The van der Waals surface area contributed by atoms with Crippen molar-refractivity contribution in [1.82, 2.24) is 19.8 Å². The number of nitrogens with zero attached hydrogens (tertiary/aromatic N) is 3. The van der Waals surface area contributed by atoms with E-state index in [1.54, 1.807) is 0 Å². The van der Waals surface area contributed by atoms with E-state index < -0.39 is 11.0 Å². The molecule has 2 fully saturated rings. The molecule has 0 aliphatic carbocycles. The molecule has 6 heteroatoms. The maximum Gasteiger partial charge on any atom is 0.225 e. The molecular formula is C31H42N4O2. The molecule has 3 heterocycles. The van der Waals surface area contributed by atoms with Crippen LogP contribution in [0.5, 0.6) is 0 Å². The first-order valence-electron chi connectivity index (χ1n) is 13.9. The summed E-state index contributed by atoms with van der Waals surface area (Å²) in [6.07, 6.45) is 5.86. The summed E-state index contributed by atoms with van der Waals surface area (Å²) in [5, 5.41) is 14.9. The minimum atomic E-state index is -0.972. The highest BCUT2D eigenvalue weighted by Gasteiger charge is 2.43. The molecule has 1 amide bonds. The number of fused-ring (bicyclic) bond motifs is 3. The van der Waals surface area contributed by atoms with Gasteiger partial charge in [-0.15, -0.1) is 0 Å². The molecule has 198 valence electrons. The molecule has 2 aliphatic rings. The highest BCUT2D eigenvalue weighted by molar-refractivity contribution is 5.81. The van der Waals surface area contributed by atoms with E-state index in [2.05, 4.69) is 46.0 Å². The Hall–Kier alpha value is -2.70. The fraction of sp³-hybridized carbons (Fsp3) is 0.548. The van der Waals surface area contributed by atoms with Gasteiger partial charge in [0.05, 0.1) is 16.6 Å². The molecule has 2 N–H and O–H groups in total. The molecular weight excluding hydrogens is 460 g/mol. The number of piperidine rings is 1.